The van der Waals surface area contributed by atoms with Crippen LogP contribution >= 0.6 is 0 Å². The molecule has 1 aliphatic rings. The van der Waals surface area contributed by atoms with Crippen LogP contribution in [-0.2, 0) is 4.79 Å². The summed E-state index contributed by atoms with van der Waals surface area (Å²) in [7, 11) is 0. The summed E-state index contributed by atoms with van der Waals surface area (Å²) < 4.78 is 12.6. The van der Waals surface area contributed by atoms with Gasteiger partial charge in [0, 0.05) is 13.0 Å². The van der Waals surface area contributed by atoms with Crippen LogP contribution in [-0.4, -0.2) is 41.3 Å². The quantitative estimate of drug-likeness (QED) is 0.585. The first-order valence-corrected chi connectivity index (χ1v) is 3.75. The van der Waals surface area contributed by atoms with E-state index < -0.39 is 12.3 Å². The summed E-state index contributed by atoms with van der Waals surface area (Å²) in [4.78, 5) is 12.3. The lowest BCUT2D eigenvalue weighted by Gasteiger charge is -2.12. The number of halogens is 1. The normalized spacial score (nSPS) is 31.0. The molecule has 0 aromatic carbocycles. The molecular weight excluding hydrogens is 149 g/mol. The first-order valence-electron chi connectivity index (χ1n) is 3.75. The Morgan fingerprint density at radius 3 is 2.73 bits per heavy atom. The van der Waals surface area contributed by atoms with Crippen molar-refractivity contribution in [1.82, 2.24) is 4.90 Å². The highest BCUT2D eigenvalue weighted by Crippen LogP contribution is 2.13. The summed E-state index contributed by atoms with van der Waals surface area (Å²) in [6.45, 7) is 1.92. The van der Waals surface area contributed by atoms with Crippen molar-refractivity contribution < 1.29 is 14.3 Å². The van der Waals surface area contributed by atoms with Crippen molar-refractivity contribution >= 4 is 5.91 Å². The molecule has 3 nitrogen and oxygen atoms in total. The minimum Gasteiger partial charge on any atom is -0.388 e. The van der Waals surface area contributed by atoms with Gasteiger partial charge in [-0.3, -0.25) is 4.79 Å². The van der Waals surface area contributed by atoms with Crippen molar-refractivity contribution in [3.63, 3.8) is 0 Å². The van der Waals surface area contributed by atoms with Crippen molar-refractivity contribution in [3.8, 4) is 0 Å². The van der Waals surface area contributed by atoms with E-state index in [0.29, 0.717) is 6.42 Å². The summed E-state index contributed by atoms with van der Waals surface area (Å²) in [5.41, 5.74) is 0. The molecule has 0 aromatic rings. The highest BCUT2D eigenvalue weighted by atomic mass is 19.1. The lowest BCUT2D eigenvalue weighted by molar-refractivity contribution is -0.130. The number of likely N-dealkylation sites (tertiary alicyclic amines) is 1. The number of hydrogen-bond acceptors (Lipinski definition) is 2. The smallest absolute Gasteiger partial charge is 0.222 e. The van der Waals surface area contributed by atoms with Gasteiger partial charge in [0.2, 0.25) is 5.91 Å². The number of rotatable bonds is 1. The summed E-state index contributed by atoms with van der Waals surface area (Å²) in [6.07, 6.45) is -1.87. The lowest BCUT2D eigenvalue weighted by atomic mass is 10.3. The molecule has 1 rings (SSSR count). The zero-order chi connectivity index (χ0) is 8.43. The number of β-amino-alcohol motifs (C(OH)–C–C–N with tert-alkyl or cyclic N) is 1. The van der Waals surface area contributed by atoms with E-state index in [9.17, 15) is 9.18 Å². The molecule has 1 N–H and O–H groups in total. The minimum absolute atomic E-state index is 0.0494. The Morgan fingerprint density at radius 2 is 2.36 bits per heavy atom. The summed E-state index contributed by atoms with van der Waals surface area (Å²) in [5, 5.41) is 8.94. The molecule has 2 atom stereocenters. The number of amides is 1. The van der Waals surface area contributed by atoms with Crippen LogP contribution in [0, 0.1) is 0 Å². The monoisotopic (exact) mass is 161 g/mol. The standard InChI is InChI=1S/C7H12FNO2/c1-2-7(11)9-3-5(8)6(10)4-9/h5-6,10H,2-4H2,1H3/t5?,6-/m1/s1. The first kappa shape index (κ1) is 8.46. The Balaban J connectivity index is 2.46. The second-order valence-electron chi connectivity index (χ2n) is 2.74. The Bertz CT molecular complexity index is 153. The van der Waals surface area contributed by atoms with Gasteiger partial charge in [-0.1, -0.05) is 6.92 Å². The number of nitrogens with zero attached hydrogens (tertiary/aromatic N) is 1. The average molecular weight is 161 g/mol. The predicted molar refractivity (Wildman–Crippen MR) is 37.8 cm³/mol. The zero-order valence-electron chi connectivity index (χ0n) is 6.46. The first-order chi connectivity index (χ1) is 5.15. The van der Waals surface area contributed by atoms with Gasteiger partial charge in [-0.05, 0) is 0 Å². The van der Waals surface area contributed by atoms with Crippen LogP contribution < -0.4 is 0 Å². The van der Waals surface area contributed by atoms with Crippen LogP contribution in [0.15, 0.2) is 0 Å². The molecule has 1 heterocycles. The largest absolute Gasteiger partial charge is 0.388 e. The SMILES string of the molecule is CCC(=O)N1CC(F)[C@H](O)C1. The van der Waals surface area contributed by atoms with Gasteiger partial charge in [0.05, 0.1) is 6.54 Å². The highest BCUT2D eigenvalue weighted by Gasteiger charge is 2.32. The van der Waals surface area contributed by atoms with E-state index in [1.165, 1.54) is 4.90 Å². The van der Waals surface area contributed by atoms with Crippen LogP contribution in [0.1, 0.15) is 13.3 Å². The fourth-order valence-electron chi connectivity index (χ4n) is 1.17. The Kier molecular flexibility index (Phi) is 2.44. The molecule has 11 heavy (non-hydrogen) atoms. The van der Waals surface area contributed by atoms with Crippen molar-refractivity contribution in [1.29, 1.82) is 0 Å². The van der Waals surface area contributed by atoms with Crippen LogP contribution in [0.3, 0.4) is 0 Å². The number of alkyl halides is 1. The van der Waals surface area contributed by atoms with Gasteiger partial charge in [-0.25, -0.2) is 4.39 Å². The van der Waals surface area contributed by atoms with Crippen LogP contribution in [0.2, 0.25) is 0 Å². The van der Waals surface area contributed by atoms with Gasteiger partial charge in [0.25, 0.3) is 0 Å². The van der Waals surface area contributed by atoms with Crippen molar-refractivity contribution in [3.05, 3.63) is 0 Å². The number of carbonyl (C=O) groups excluding carboxylic acids is 1. The minimum atomic E-state index is -1.26. The topological polar surface area (TPSA) is 40.5 Å². The van der Waals surface area contributed by atoms with Crippen LogP contribution in [0.5, 0.6) is 0 Å². The molecule has 0 spiro atoms. The molecule has 1 saturated heterocycles. The molecule has 0 aliphatic carbocycles. The second kappa shape index (κ2) is 3.17. The lowest BCUT2D eigenvalue weighted by Crippen LogP contribution is -2.28. The molecule has 1 aliphatic heterocycles. The van der Waals surface area contributed by atoms with Crippen molar-refractivity contribution in [2.45, 2.75) is 25.6 Å². The molecule has 4 heteroatoms. The molecule has 0 aromatic heterocycles. The van der Waals surface area contributed by atoms with Crippen molar-refractivity contribution in [2.75, 3.05) is 13.1 Å². The summed E-state index contributed by atoms with van der Waals surface area (Å²) in [5.74, 6) is -0.0933. The fraction of sp³-hybridized carbons (Fsp3) is 0.857. The highest BCUT2D eigenvalue weighted by molar-refractivity contribution is 5.76. The number of carbonyl (C=O) groups is 1. The van der Waals surface area contributed by atoms with E-state index in [2.05, 4.69) is 0 Å². The van der Waals surface area contributed by atoms with Crippen LogP contribution in [0.4, 0.5) is 4.39 Å². The molecule has 0 radical (unpaired) electrons. The second-order valence-corrected chi connectivity index (χ2v) is 2.74. The third kappa shape index (κ3) is 1.68. The number of aliphatic hydroxyl groups is 1. The molecule has 64 valence electrons. The molecule has 0 saturated carbocycles. The third-order valence-corrected chi connectivity index (χ3v) is 1.87. The van der Waals surface area contributed by atoms with Crippen molar-refractivity contribution in [2.24, 2.45) is 0 Å². The predicted octanol–water partition coefficient (Wildman–Crippen LogP) is -0.0624. The van der Waals surface area contributed by atoms with Gasteiger partial charge < -0.3 is 10.0 Å². The van der Waals surface area contributed by atoms with Crippen LogP contribution in [0.25, 0.3) is 0 Å². The van der Waals surface area contributed by atoms with E-state index in [4.69, 9.17) is 5.11 Å². The van der Waals surface area contributed by atoms with E-state index in [1.54, 1.807) is 6.92 Å². The van der Waals surface area contributed by atoms with Gasteiger partial charge >= 0.3 is 0 Å². The Labute approximate surface area is 64.8 Å². The molecular formula is C7H12FNO2. The molecule has 1 fully saturated rings. The maximum atomic E-state index is 12.6. The maximum Gasteiger partial charge on any atom is 0.222 e. The van der Waals surface area contributed by atoms with Gasteiger partial charge in [-0.15, -0.1) is 0 Å². The number of aliphatic hydroxyl groups excluding tert-OH is 1. The molecule has 0 bridgehead atoms. The van der Waals surface area contributed by atoms with Gasteiger partial charge in [-0.2, -0.15) is 0 Å². The van der Waals surface area contributed by atoms with Gasteiger partial charge in [0.15, 0.2) is 0 Å². The summed E-state index contributed by atoms with van der Waals surface area (Å²) in [6, 6.07) is 0. The molecule has 1 amide bonds. The number of hydrogen-bond donors (Lipinski definition) is 1. The average Bonchev–Trinajstić information content (AvgIpc) is 2.31. The zero-order valence-corrected chi connectivity index (χ0v) is 6.46. The Hall–Kier alpha value is -0.640. The third-order valence-electron chi connectivity index (χ3n) is 1.87. The maximum absolute atomic E-state index is 12.6. The van der Waals surface area contributed by atoms with E-state index in [-0.39, 0.29) is 19.0 Å². The Morgan fingerprint density at radius 1 is 1.73 bits per heavy atom. The fourth-order valence-corrected chi connectivity index (χ4v) is 1.17. The van der Waals surface area contributed by atoms with E-state index in [0.717, 1.165) is 0 Å². The van der Waals surface area contributed by atoms with E-state index >= 15 is 0 Å². The molecule has 1 unspecified atom stereocenters. The summed E-state index contributed by atoms with van der Waals surface area (Å²) >= 11 is 0. The van der Waals surface area contributed by atoms with Gasteiger partial charge in [0.1, 0.15) is 12.3 Å². The van der Waals surface area contributed by atoms with E-state index in [1.807, 2.05) is 0 Å².